The Labute approximate surface area is 108 Å². The zero-order valence-electron chi connectivity index (χ0n) is 11.5. The van der Waals surface area contributed by atoms with Crippen molar-refractivity contribution in [2.24, 2.45) is 11.8 Å². The maximum absolute atomic E-state index is 4.24. The summed E-state index contributed by atoms with van der Waals surface area (Å²) in [5, 5.41) is 0. The van der Waals surface area contributed by atoms with Gasteiger partial charge in [0.1, 0.15) is 0 Å². The normalized spacial score (nSPS) is 22.7. The Morgan fingerprint density at radius 1 is 1.06 bits per heavy atom. The fourth-order valence-corrected chi connectivity index (χ4v) is 3.28. The monoisotopic (exact) mass is 230 g/mol. The molecular weight excluding hydrogens is 203 g/mol. The van der Waals surface area contributed by atoms with Crippen LogP contribution in [0.25, 0.3) is 0 Å². The van der Waals surface area contributed by atoms with Crippen molar-refractivity contribution >= 4 is 13.0 Å². The van der Waals surface area contributed by atoms with Gasteiger partial charge in [-0.2, -0.15) is 0 Å². The topological polar surface area (TPSA) is 0 Å². The van der Waals surface area contributed by atoms with Crippen molar-refractivity contribution in [3.05, 3.63) is 11.6 Å². The van der Waals surface area contributed by atoms with Gasteiger partial charge in [0.2, 0.25) is 0 Å². The van der Waals surface area contributed by atoms with E-state index in [1.54, 1.807) is 5.57 Å². The first-order chi connectivity index (χ1) is 8.24. The minimum absolute atomic E-state index is 0.943. The van der Waals surface area contributed by atoms with E-state index in [0.29, 0.717) is 0 Å². The molecule has 0 N–H and O–H groups in total. The second-order valence-corrected chi connectivity index (χ2v) is 6.34. The molecule has 1 heteroatoms. The first-order valence-corrected chi connectivity index (χ1v) is 7.59. The third-order valence-electron chi connectivity index (χ3n) is 4.65. The number of rotatable bonds is 6. The summed E-state index contributed by atoms with van der Waals surface area (Å²) in [6.45, 7) is 2.29. The van der Waals surface area contributed by atoms with Gasteiger partial charge in [-0.25, -0.2) is 0 Å². The van der Waals surface area contributed by atoms with E-state index in [1.807, 2.05) is 0 Å². The summed E-state index contributed by atoms with van der Waals surface area (Å²) in [7, 11) is 4.24. The quantitative estimate of drug-likeness (QED) is 0.601. The van der Waals surface area contributed by atoms with Crippen molar-refractivity contribution in [2.75, 3.05) is 0 Å². The third kappa shape index (κ3) is 4.45. The predicted molar refractivity (Wildman–Crippen MR) is 79.1 cm³/mol. The SMILES string of the molecule is B=C(/C=C(\C)CCC1CCC1)CC1CCCC1. The van der Waals surface area contributed by atoms with Crippen LogP contribution in [0.1, 0.15) is 71.1 Å². The van der Waals surface area contributed by atoms with Crippen LogP contribution >= 0.6 is 0 Å². The predicted octanol–water partition coefficient (Wildman–Crippen LogP) is 4.17. The van der Waals surface area contributed by atoms with Gasteiger partial charge in [0.25, 0.3) is 0 Å². The fourth-order valence-electron chi connectivity index (χ4n) is 3.28. The molecule has 2 aliphatic rings. The summed E-state index contributed by atoms with van der Waals surface area (Å²) in [5.41, 5.74) is 2.93. The van der Waals surface area contributed by atoms with Crippen LogP contribution in [0.3, 0.4) is 0 Å². The van der Waals surface area contributed by atoms with E-state index in [1.165, 1.54) is 69.7 Å². The molecule has 0 radical (unpaired) electrons. The van der Waals surface area contributed by atoms with Crippen molar-refractivity contribution in [2.45, 2.75) is 71.1 Å². The molecule has 0 atom stereocenters. The Hall–Kier alpha value is -0.325. The average molecular weight is 230 g/mol. The van der Waals surface area contributed by atoms with Crippen LogP contribution in [0.15, 0.2) is 11.6 Å². The van der Waals surface area contributed by atoms with Gasteiger partial charge in [0.05, 0.1) is 0 Å². The van der Waals surface area contributed by atoms with Crippen LogP contribution in [-0.4, -0.2) is 13.0 Å². The number of hydrogen-bond acceptors (Lipinski definition) is 0. The zero-order chi connectivity index (χ0) is 12.1. The molecule has 0 aromatic heterocycles. The van der Waals surface area contributed by atoms with Crippen molar-refractivity contribution in [1.29, 1.82) is 0 Å². The standard InChI is InChI=1S/C16H27B/c1-13(9-10-14-7-4-8-14)11-16(17)12-15-5-2-3-6-15/h11,14-15,17H,2-10,12H2,1H3/b13-11+. The Balaban J connectivity index is 1.66. The second kappa shape index (κ2) is 6.57. The average Bonchev–Trinajstić information content (AvgIpc) is 2.67. The summed E-state index contributed by atoms with van der Waals surface area (Å²) >= 11 is 0. The molecule has 94 valence electrons. The molecule has 0 heterocycles. The van der Waals surface area contributed by atoms with Crippen LogP contribution in [0.2, 0.25) is 0 Å². The van der Waals surface area contributed by atoms with E-state index in [9.17, 15) is 0 Å². The molecule has 0 aromatic carbocycles. The molecule has 0 spiro atoms. The Morgan fingerprint density at radius 3 is 2.29 bits per heavy atom. The van der Waals surface area contributed by atoms with Gasteiger partial charge in [0.15, 0.2) is 0 Å². The van der Waals surface area contributed by atoms with Gasteiger partial charge in [0, 0.05) is 0 Å². The van der Waals surface area contributed by atoms with Crippen molar-refractivity contribution in [3.8, 4) is 0 Å². The minimum atomic E-state index is 0.943. The molecule has 17 heavy (non-hydrogen) atoms. The van der Waals surface area contributed by atoms with Crippen LogP contribution in [0.5, 0.6) is 0 Å². The van der Waals surface area contributed by atoms with E-state index in [0.717, 1.165) is 11.8 Å². The summed E-state index contributed by atoms with van der Waals surface area (Å²) in [4.78, 5) is 0. The van der Waals surface area contributed by atoms with E-state index in [2.05, 4.69) is 20.5 Å². The van der Waals surface area contributed by atoms with E-state index in [4.69, 9.17) is 0 Å². The van der Waals surface area contributed by atoms with Gasteiger partial charge in [-0.05, 0) is 0 Å². The molecule has 2 rings (SSSR count). The van der Waals surface area contributed by atoms with Gasteiger partial charge in [-0.1, -0.05) is 0 Å². The first-order valence-electron chi connectivity index (χ1n) is 7.59. The van der Waals surface area contributed by atoms with Crippen LogP contribution in [-0.2, 0) is 0 Å². The van der Waals surface area contributed by atoms with Crippen molar-refractivity contribution < 1.29 is 0 Å². The van der Waals surface area contributed by atoms with E-state index in [-0.39, 0.29) is 0 Å². The van der Waals surface area contributed by atoms with Gasteiger partial charge >= 0.3 is 108 Å². The zero-order valence-corrected chi connectivity index (χ0v) is 11.5. The molecule has 2 aliphatic carbocycles. The molecule has 0 saturated heterocycles. The van der Waals surface area contributed by atoms with Gasteiger partial charge in [-0.15, -0.1) is 0 Å². The summed E-state index contributed by atoms with van der Waals surface area (Å²) in [6, 6.07) is 0. The number of allylic oxidation sites excluding steroid dienone is 2. The number of hydrogen-bond donors (Lipinski definition) is 0. The van der Waals surface area contributed by atoms with E-state index < -0.39 is 0 Å². The Morgan fingerprint density at radius 2 is 1.71 bits per heavy atom. The molecule has 2 saturated carbocycles. The summed E-state index contributed by atoms with van der Waals surface area (Å²) in [5.74, 6) is 1.99. The van der Waals surface area contributed by atoms with E-state index >= 15 is 0 Å². The molecular formula is C16H27B. The molecule has 0 amide bonds. The molecule has 0 aliphatic heterocycles. The summed E-state index contributed by atoms with van der Waals surface area (Å²) < 4.78 is 0. The van der Waals surface area contributed by atoms with Crippen LogP contribution in [0, 0.1) is 11.8 Å². The maximum atomic E-state index is 4.24. The molecule has 0 aromatic rings. The molecule has 2 fully saturated rings. The Bertz CT molecular complexity index is 280. The Kier molecular flexibility index (Phi) is 5.06. The van der Waals surface area contributed by atoms with Crippen molar-refractivity contribution in [3.63, 3.8) is 0 Å². The van der Waals surface area contributed by atoms with Crippen LogP contribution < -0.4 is 0 Å². The van der Waals surface area contributed by atoms with Gasteiger partial charge < -0.3 is 0 Å². The fraction of sp³-hybridized carbons (Fsp3) is 0.812. The second-order valence-electron chi connectivity index (χ2n) is 6.34. The molecule has 0 nitrogen and oxygen atoms in total. The third-order valence-corrected chi connectivity index (χ3v) is 4.65. The first kappa shape index (κ1) is 13.1. The van der Waals surface area contributed by atoms with Gasteiger partial charge in [-0.3, -0.25) is 0 Å². The molecule has 0 unspecified atom stereocenters. The molecule has 0 bridgehead atoms. The summed E-state index contributed by atoms with van der Waals surface area (Å²) in [6.07, 6.45) is 16.5. The van der Waals surface area contributed by atoms with Crippen LogP contribution in [0.4, 0.5) is 0 Å². The van der Waals surface area contributed by atoms with Crippen molar-refractivity contribution in [1.82, 2.24) is 0 Å².